The van der Waals surface area contributed by atoms with E-state index in [2.05, 4.69) is 52.1 Å². The smallest absolute Gasteiger partial charge is 0.140 e. The quantitative estimate of drug-likeness (QED) is 0.716. The largest absolute Gasteiger partial charge is 0.382 e. The van der Waals surface area contributed by atoms with Gasteiger partial charge in [-0.3, -0.25) is 0 Å². The minimum Gasteiger partial charge on any atom is -0.382 e. The Balaban J connectivity index is 1.71. The molecule has 25 heavy (non-hydrogen) atoms. The molecular formula is C19H21N3O2S. The third kappa shape index (κ3) is 3.38. The number of nitrogens with zero attached hydrogens (tertiary/aromatic N) is 3. The summed E-state index contributed by atoms with van der Waals surface area (Å²) in [6, 6.07) is 12.6. The maximum atomic E-state index is 5.96. The number of thiophene rings is 1. The molecule has 2 unspecified atom stereocenters. The molecule has 3 heterocycles. The summed E-state index contributed by atoms with van der Waals surface area (Å²) in [5.74, 6) is 0.986. The molecule has 2 aromatic heterocycles. The minimum absolute atomic E-state index is 0.0611. The van der Waals surface area contributed by atoms with Crippen molar-refractivity contribution >= 4 is 27.4 Å². The molecule has 0 amide bonds. The lowest BCUT2D eigenvalue weighted by atomic mass is 10.1. The van der Waals surface area contributed by atoms with Gasteiger partial charge < -0.3 is 14.4 Å². The fourth-order valence-electron chi connectivity index (χ4n) is 3.34. The van der Waals surface area contributed by atoms with Gasteiger partial charge in [-0.05, 0) is 18.6 Å². The van der Waals surface area contributed by atoms with Gasteiger partial charge in [0.15, 0.2) is 0 Å². The summed E-state index contributed by atoms with van der Waals surface area (Å²) < 4.78 is 11.2. The normalized spacial score (nSPS) is 21.0. The average Bonchev–Trinajstić information content (AvgIpc) is 3.06. The number of anilines is 1. The molecule has 5 nitrogen and oxygen atoms in total. The van der Waals surface area contributed by atoms with E-state index in [1.165, 1.54) is 10.4 Å². The van der Waals surface area contributed by atoms with Crippen molar-refractivity contribution in [3.63, 3.8) is 0 Å². The molecule has 0 saturated carbocycles. The van der Waals surface area contributed by atoms with Gasteiger partial charge in [-0.1, -0.05) is 30.3 Å². The van der Waals surface area contributed by atoms with Crippen molar-refractivity contribution in [3.05, 3.63) is 42.7 Å². The number of hydrogen-bond acceptors (Lipinski definition) is 6. The standard InChI is InChI=1S/C19H21N3O2S/c1-13-9-22(10-15(24-13)11-23-2)18-16-8-17(14-6-4-3-5-7-14)25-19(16)21-12-20-18/h3-8,12-13,15H,9-11H2,1-2H3. The molecular weight excluding hydrogens is 334 g/mol. The van der Waals surface area contributed by atoms with Crippen molar-refractivity contribution in [2.24, 2.45) is 0 Å². The van der Waals surface area contributed by atoms with Crippen LogP contribution in [0.3, 0.4) is 0 Å². The van der Waals surface area contributed by atoms with Crippen LogP contribution >= 0.6 is 11.3 Å². The van der Waals surface area contributed by atoms with Crippen LogP contribution in [0.5, 0.6) is 0 Å². The first-order valence-corrected chi connectivity index (χ1v) is 9.25. The van der Waals surface area contributed by atoms with E-state index < -0.39 is 0 Å². The molecule has 4 rings (SSSR count). The highest BCUT2D eigenvalue weighted by molar-refractivity contribution is 7.21. The zero-order valence-electron chi connectivity index (χ0n) is 14.4. The molecule has 6 heteroatoms. The Morgan fingerprint density at radius 1 is 1.24 bits per heavy atom. The molecule has 1 aliphatic heterocycles. The highest BCUT2D eigenvalue weighted by Gasteiger charge is 2.27. The van der Waals surface area contributed by atoms with E-state index in [0.717, 1.165) is 29.1 Å². The monoisotopic (exact) mass is 355 g/mol. The van der Waals surface area contributed by atoms with Crippen molar-refractivity contribution in [1.29, 1.82) is 0 Å². The molecule has 130 valence electrons. The van der Waals surface area contributed by atoms with E-state index in [0.29, 0.717) is 6.61 Å². The lowest BCUT2D eigenvalue weighted by Crippen LogP contribution is -2.48. The first kappa shape index (κ1) is 16.4. The van der Waals surface area contributed by atoms with Crippen LogP contribution in [0.15, 0.2) is 42.7 Å². The molecule has 0 radical (unpaired) electrons. The van der Waals surface area contributed by atoms with E-state index in [4.69, 9.17) is 9.47 Å². The van der Waals surface area contributed by atoms with Gasteiger partial charge in [0, 0.05) is 25.1 Å². The number of methoxy groups -OCH3 is 1. The van der Waals surface area contributed by atoms with Crippen LogP contribution in [0, 0.1) is 0 Å². The lowest BCUT2D eigenvalue weighted by molar-refractivity contribution is -0.0512. The van der Waals surface area contributed by atoms with Gasteiger partial charge in [-0.25, -0.2) is 9.97 Å². The third-order valence-corrected chi connectivity index (χ3v) is 5.44. The summed E-state index contributed by atoms with van der Waals surface area (Å²) in [4.78, 5) is 13.6. The molecule has 0 spiro atoms. The predicted molar refractivity (Wildman–Crippen MR) is 101 cm³/mol. The SMILES string of the molecule is COCC1CN(c2ncnc3sc(-c4ccccc4)cc23)CC(C)O1. The van der Waals surface area contributed by atoms with E-state index in [1.54, 1.807) is 24.8 Å². The maximum Gasteiger partial charge on any atom is 0.140 e. The third-order valence-electron chi connectivity index (χ3n) is 4.35. The first-order chi connectivity index (χ1) is 12.2. The molecule has 0 aliphatic carbocycles. The molecule has 1 saturated heterocycles. The van der Waals surface area contributed by atoms with E-state index in [9.17, 15) is 0 Å². The van der Waals surface area contributed by atoms with E-state index in [-0.39, 0.29) is 12.2 Å². The second kappa shape index (κ2) is 7.07. The fraction of sp³-hybridized carbons (Fsp3) is 0.368. The van der Waals surface area contributed by atoms with Gasteiger partial charge in [0.1, 0.15) is 17.0 Å². The van der Waals surface area contributed by atoms with Crippen molar-refractivity contribution < 1.29 is 9.47 Å². The predicted octanol–water partition coefficient (Wildman–Crippen LogP) is 3.60. The molecule has 0 bridgehead atoms. The summed E-state index contributed by atoms with van der Waals surface area (Å²) in [5, 5.41) is 1.11. The van der Waals surface area contributed by atoms with Gasteiger partial charge >= 0.3 is 0 Å². The second-order valence-corrected chi connectivity index (χ2v) is 7.35. The number of benzene rings is 1. The zero-order chi connectivity index (χ0) is 17.2. The summed E-state index contributed by atoms with van der Waals surface area (Å²) in [6.07, 6.45) is 1.87. The average molecular weight is 355 g/mol. The summed E-state index contributed by atoms with van der Waals surface area (Å²) in [7, 11) is 1.71. The summed E-state index contributed by atoms with van der Waals surface area (Å²) in [6.45, 7) is 4.29. The number of hydrogen-bond donors (Lipinski definition) is 0. The van der Waals surface area contributed by atoms with Crippen LogP contribution in [0.2, 0.25) is 0 Å². The molecule has 2 atom stereocenters. The van der Waals surface area contributed by atoms with Crippen molar-refractivity contribution in [3.8, 4) is 10.4 Å². The lowest BCUT2D eigenvalue weighted by Gasteiger charge is -2.37. The van der Waals surface area contributed by atoms with Crippen molar-refractivity contribution in [2.75, 3.05) is 31.7 Å². The highest BCUT2D eigenvalue weighted by atomic mass is 32.1. The fourth-order valence-corrected chi connectivity index (χ4v) is 4.33. The Hall–Kier alpha value is -2.02. The van der Waals surface area contributed by atoms with E-state index >= 15 is 0 Å². The van der Waals surface area contributed by atoms with Crippen molar-refractivity contribution in [1.82, 2.24) is 9.97 Å². The Morgan fingerprint density at radius 2 is 2.08 bits per heavy atom. The highest BCUT2D eigenvalue weighted by Crippen LogP contribution is 2.36. The first-order valence-electron chi connectivity index (χ1n) is 8.44. The van der Waals surface area contributed by atoms with Crippen LogP contribution in [-0.4, -0.2) is 49.0 Å². The summed E-state index contributed by atoms with van der Waals surface area (Å²) >= 11 is 1.71. The van der Waals surface area contributed by atoms with Gasteiger partial charge in [-0.2, -0.15) is 0 Å². The van der Waals surface area contributed by atoms with Gasteiger partial charge in [0.05, 0.1) is 24.2 Å². The van der Waals surface area contributed by atoms with Crippen LogP contribution in [0.25, 0.3) is 20.7 Å². The Kier molecular flexibility index (Phi) is 4.65. The number of ether oxygens (including phenoxy) is 2. The van der Waals surface area contributed by atoms with E-state index in [1.807, 2.05) is 6.07 Å². The second-order valence-electron chi connectivity index (χ2n) is 6.32. The molecule has 1 fully saturated rings. The van der Waals surface area contributed by atoms with Crippen LogP contribution in [0.1, 0.15) is 6.92 Å². The Labute approximate surface area is 151 Å². The summed E-state index contributed by atoms with van der Waals surface area (Å²) in [5.41, 5.74) is 1.21. The van der Waals surface area contributed by atoms with Gasteiger partial charge in [0.25, 0.3) is 0 Å². The number of morpholine rings is 1. The van der Waals surface area contributed by atoms with Crippen LogP contribution in [-0.2, 0) is 9.47 Å². The molecule has 3 aromatic rings. The number of rotatable bonds is 4. The molecule has 1 aromatic carbocycles. The number of aromatic nitrogens is 2. The topological polar surface area (TPSA) is 47.5 Å². The number of fused-ring (bicyclic) bond motifs is 1. The molecule has 0 N–H and O–H groups in total. The van der Waals surface area contributed by atoms with Crippen LogP contribution in [0.4, 0.5) is 5.82 Å². The van der Waals surface area contributed by atoms with Crippen molar-refractivity contribution in [2.45, 2.75) is 19.1 Å². The zero-order valence-corrected chi connectivity index (χ0v) is 15.2. The molecule has 1 aliphatic rings. The van der Waals surface area contributed by atoms with Crippen LogP contribution < -0.4 is 4.90 Å². The van der Waals surface area contributed by atoms with Gasteiger partial charge in [0.2, 0.25) is 0 Å². The van der Waals surface area contributed by atoms with Gasteiger partial charge in [-0.15, -0.1) is 11.3 Å². The Bertz CT molecular complexity index is 852. The Morgan fingerprint density at radius 3 is 2.88 bits per heavy atom. The minimum atomic E-state index is 0.0611. The maximum absolute atomic E-state index is 5.96.